The van der Waals surface area contributed by atoms with Crippen molar-refractivity contribution in [2.24, 2.45) is 0 Å². The normalized spacial score (nSPS) is 9.82. The fraction of sp³-hybridized carbons (Fsp3) is 0.727. The third kappa shape index (κ3) is 40.7. The number of unbranched alkanes of at least 4 members (excludes halogenated alkanes) is 3. The fourth-order valence-electron chi connectivity index (χ4n) is 1.68. The van der Waals surface area contributed by atoms with E-state index in [9.17, 15) is 19.2 Å². The van der Waals surface area contributed by atoms with Crippen LogP contribution < -0.4 is 0 Å². The zero-order valence-corrected chi connectivity index (χ0v) is 20.5. The zero-order valence-electron chi connectivity index (χ0n) is 19.7. The maximum absolute atomic E-state index is 11.0. The molecule has 0 atom stereocenters. The smallest absolute Gasteiger partial charge is 0.331 e. The maximum Gasteiger partial charge on any atom is 0.331 e. The molecule has 11 heteroatoms. The molecule has 194 valence electrons. The van der Waals surface area contributed by atoms with E-state index in [0.29, 0.717) is 32.5 Å². The van der Waals surface area contributed by atoms with Crippen LogP contribution >= 0.6 is 11.8 Å². The van der Waals surface area contributed by atoms with Crippen molar-refractivity contribution in [2.75, 3.05) is 37.9 Å². The highest BCUT2D eigenvalue weighted by atomic mass is 32.2. The predicted octanol–water partition coefficient (Wildman–Crippen LogP) is 2.65. The van der Waals surface area contributed by atoms with Crippen LogP contribution in [0.25, 0.3) is 0 Å². The Morgan fingerprint density at radius 1 is 0.758 bits per heavy atom. The third-order valence-electron chi connectivity index (χ3n) is 3.36. The molecule has 10 nitrogen and oxygen atoms in total. The summed E-state index contributed by atoms with van der Waals surface area (Å²) in [6, 6.07) is 0. The Bertz CT molecular complexity index is 519. The molecule has 0 aliphatic heterocycles. The Balaban J connectivity index is -0.000000432. The van der Waals surface area contributed by atoms with E-state index in [-0.39, 0.29) is 25.6 Å². The van der Waals surface area contributed by atoms with E-state index in [0.717, 1.165) is 49.3 Å². The summed E-state index contributed by atoms with van der Waals surface area (Å²) >= 11 is 1.55. The first kappa shape index (κ1) is 35.5. The van der Waals surface area contributed by atoms with Crippen molar-refractivity contribution in [3.05, 3.63) is 12.2 Å². The Labute approximate surface area is 200 Å². The molecule has 0 aromatic heterocycles. The molecule has 0 amide bonds. The summed E-state index contributed by atoms with van der Waals surface area (Å²) in [4.78, 5) is 41.7. The fourth-order valence-corrected chi connectivity index (χ4v) is 2.15. The number of aliphatic carboxylic acids is 2. The number of esters is 2. The number of carbonyl (C=O) groups is 4. The van der Waals surface area contributed by atoms with Crippen LogP contribution in [0.5, 0.6) is 0 Å². The van der Waals surface area contributed by atoms with Crippen molar-refractivity contribution in [1.29, 1.82) is 0 Å². The van der Waals surface area contributed by atoms with Gasteiger partial charge >= 0.3 is 23.9 Å². The molecular weight excluding hydrogens is 456 g/mol. The van der Waals surface area contributed by atoms with E-state index in [2.05, 4.69) is 4.74 Å². The lowest BCUT2D eigenvalue weighted by atomic mass is 10.2. The van der Waals surface area contributed by atoms with Crippen molar-refractivity contribution in [3.63, 3.8) is 0 Å². The molecule has 0 aliphatic carbocycles. The quantitative estimate of drug-likeness (QED) is 0.133. The number of hydrogen-bond acceptors (Lipinski definition) is 9. The monoisotopic (exact) mass is 496 g/mol. The van der Waals surface area contributed by atoms with Gasteiger partial charge in [-0.3, -0.25) is 9.59 Å². The van der Waals surface area contributed by atoms with E-state index in [1.807, 2.05) is 13.8 Å². The van der Waals surface area contributed by atoms with Gasteiger partial charge in [0, 0.05) is 36.5 Å². The van der Waals surface area contributed by atoms with Crippen molar-refractivity contribution >= 4 is 35.6 Å². The molecule has 0 saturated heterocycles. The van der Waals surface area contributed by atoms with Crippen LogP contribution in [0.2, 0.25) is 0 Å². The van der Waals surface area contributed by atoms with Gasteiger partial charge in [-0.25, -0.2) is 9.59 Å². The second kappa shape index (κ2) is 29.9. The lowest BCUT2D eigenvalue weighted by molar-refractivity contribution is -0.144. The Morgan fingerprint density at radius 2 is 1.27 bits per heavy atom. The molecule has 0 rings (SSSR count). The van der Waals surface area contributed by atoms with Crippen LogP contribution in [0.15, 0.2) is 12.2 Å². The minimum atomic E-state index is -1.15. The second-order valence-corrected chi connectivity index (χ2v) is 7.65. The van der Waals surface area contributed by atoms with Gasteiger partial charge in [0.25, 0.3) is 0 Å². The largest absolute Gasteiger partial charge is 0.481 e. The number of hydrogen-bond donors (Lipinski definition) is 4. The van der Waals surface area contributed by atoms with Crippen molar-refractivity contribution in [1.82, 2.24) is 0 Å². The SMILES string of the molecule is CCCCOC(=O)C=CC(=O)O.CCCCOC(=O)CCCCC(=O)O.OCCSCCO. The topological polar surface area (TPSA) is 168 Å². The molecule has 0 spiro atoms. The van der Waals surface area contributed by atoms with Crippen LogP contribution in [0.4, 0.5) is 0 Å². The molecule has 0 fully saturated rings. The Kier molecular flexibility index (Phi) is 32.1. The number of carbonyl (C=O) groups excluding carboxylic acids is 2. The van der Waals surface area contributed by atoms with Crippen LogP contribution in [-0.2, 0) is 28.7 Å². The molecule has 0 saturated carbocycles. The highest BCUT2D eigenvalue weighted by Crippen LogP contribution is 2.02. The Morgan fingerprint density at radius 3 is 1.73 bits per heavy atom. The summed E-state index contributed by atoms with van der Waals surface area (Å²) in [5.41, 5.74) is 0. The molecule has 0 aliphatic rings. The summed E-state index contributed by atoms with van der Waals surface area (Å²) in [5.74, 6) is -1.32. The third-order valence-corrected chi connectivity index (χ3v) is 4.30. The second-order valence-electron chi connectivity index (χ2n) is 6.43. The van der Waals surface area contributed by atoms with Crippen molar-refractivity contribution in [2.45, 2.75) is 65.2 Å². The molecule has 4 N–H and O–H groups in total. The molecule has 0 heterocycles. The predicted molar refractivity (Wildman–Crippen MR) is 126 cm³/mol. The van der Waals surface area contributed by atoms with Gasteiger partial charge in [-0.15, -0.1) is 0 Å². The molecule has 0 unspecified atom stereocenters. The van der Waals surface area contributed by atoms with Gasteiger partial charge < -0.3 is 29.9 Å². The summed E-state index contributed by atoms with van der Waals surface area (Å²) in [6.07, 6.45) is 6.89. The number of carboxylic acid groups (broad SMARTS) is 2. The minimum Gasteiger partial charge on any atom is -0.481 e. The lowest BCUT2D eigenvalue weighted by Crippen LogP contribution is -2.05. The average molecular weight is 497 g/mol. The van der Waals surface area contributed by atoms with Gasteiger partial charge in [0.15, 0.2) is 0 Å². The average Bonchev–Trinajstić information content (AvgIpc) is 2.77. The van der Waals surface area contributed by atoms with E-state index in [1.54, 1.807) is 11.8 Å². The van der Waals surface area contributed by atoms with Crippen LogP contribution in [0, 0.1) is 0 Å². The number of carboxylic acids is 2. The molecule has 33 heavy (non-hydrogen) atoms. The summed E-state index contributed by atoms with van der Waals surface area (Å²) in [7, 11) is 0. The zero-order chi connectivity index (χ0) is 25.7. The first-order chi connectivity index (χ1) is 15.7. The van der Waals surface area contributed by atoms with Gasteiger partial charge in [0.2, 0.25) is 0 Å². The van der Waals surface area contributed by atoms with Gasteiger partial charge in [0.1, 0.15) is 0 Å². The van der Waals surface area contributed by atoms with Gasteiger partial charge in [-0.1, -0.05) is 26.7 Å². The number of rotatable bonds is 17. The Hall–Kier alpha value is -2.11. The molecule has 0 bridgehead atoms. The van der Waals surface area contributed by atoms with Gasteiger partial charge in [-0.05, 0) is 25.7 Å². The number of aliphatic hydroxyl groups excluding tert-OH is 2. The van der Waals surface area contributed by atoms with Crippen molar-refractivity contribution < 1.29 is 49.1 Å². The van der Waals surface area contributed by atoms with E-state index >= 15 is 0 Å². The standard InChI is InChI=1S/C10H18O4.C8H12O4.C4H10O2S/c1-2-3-8-14-10(13)7-5-4-6-9(11)12;1-2-3-6-12-8(11)5-4-7(9)10;5-1-3-7-4-2-6/h2-8H2,1H3,(H,11,12);4-5H,2-3,6H2,1H3,(H,9,10);5-6H,1-4H2. The first-order valence-electron chi connectivity index (χ1n) is 11.0. The number of aliphatic hydroxyl groups is 2. The minimum absolute atomic E-state index is 0.127. The van der Waals surface area contributed by atoms with Crippen LogP contribution in [0.1, 0.15) is 65.2 Å². The van der Waals surface area contributed by atoms with Gasteiger partial charge in [0.05, 0.1) is 26.4 Å². The molecule has 0 radical (unpaired) electrons. The molecule has 0 aromatic carbocycles. The summed E-state index contributed by atoms with van der Waals surface area (Å²) < 4.78 is 9.55. The van der Waals surface area contributed by atoms with Crippen LogP contribution in [0.3, 0.4) is 0 Å². The maximum atomic E-state index is 11.0. The van der Waals surface area contributed by atoms with E-state index < -0.39 is 17.9 Å². The summed E-state index contributed by atoms with van der Waals surface area (Å²) in [6.45, 7) is 5.25. The molecular formula is C22H40O10S. The number of ether oxygens (including phenoxy) is 2. The first-order valence-corrected chi connectivity index (χ1v) is 12.1. The summed E-state index contributed by atoms with van der Waals surface area (Å²) in [5, 5.41) is 32.9. The lowest BCUT2D eigenvalue weighted by Gasteiger charge is -2.02. The number of thioether (sulfide) groups is 1. The molecule has 0 aromatic rings. The highest BCUT2D eigenvalue weighted by molar-refractivity contribution is 7.99. The van der Waals surface area contributed by atoms with Gasteiger partial charge in [-0.2, -0.15) is 11.8 Å². The van der Waals surface area contributed by atoms with Crippen LogP contribution in [-0.4, -0.2) is 82.2 Å². The highest BCUT2D eigenvalue weighted by Gasteiger charge is 2.03. The van der Waals surface area contributed by atoms with E-state index in [4.69, 9.17) is 25.2 Å². The van der Waals surface area contributed by atoms with Crippen molar-refractivity contribution in [3.8, 4) is 0 Å². The van der Waals surface area contributed by atoms with E-state index in [1.165, 1.54) is 0 Å².